The third-order valence-electron chi connectivity index (χ3n) is 2.80. The summed E-state index contributed by atoms with van der Waals surface area (Å²) in [5, 5.41) is 2.08. The maximum Gasteiger partial charge on any atom is 0.377 e. The van der Waals surface area contributed by atoms with Crippen molar-refractivity contribution in [2.45, 2.75) is 6.92 Å². The van der Waals surface area contributed by atoms with Gasteiger partial charge in [-0.2, -0.15) is 0 Å². The smallest absolute Gasteiger partial charge is 0.377 e. The third kappa shape index (κ3) is 2.12. The summed E-state index contributed by atoms with van der Waals surface area (Å²) in [6.07, 6.45) is 1.27. The molecule has 0 spiro atoms. The Morgan fingerprint density at radius 3 is 2.53 bits per heavy atom. The van der Waals surface area contributed by atoms with Crippen molar-refractivity contribution in [1.29, 1.82) is 0 Å². The first-order chi connectivity index (χ1) is 9.28. The van der Waals surface area contributed by atoms with Crippen LogP contribution in [0.5, 0.6) is 11.5 Å². The van der Waals surface area contributed by atoms with Gasteiger partial charge in [0.05, 0.1) is 6.61 Å². The first kappa shape index (κ1) is 11.6. The molecule has 0 saturated heterocycles. The molecule has 19 heavy (non-hydrogen) atoms. The summed E-state index contributed by atoms with van der Waals surface area (Å²) < 4.78 is 15.8. The molecular formula is C15H12O4. The molecule has 2 aromatic carbocycles. The van der Waals surface area contributed by atoms with E-state index in [-0.39, 0.29) is 5.76 Å². The molecule has 0 aromatic heterocycles. The fraction of sp³-hybridized carbons (Fsp3) is 0.133. The molecule has 0 aliphatic carbocycles. The zero-order chi connectivity index (χ0) is 13.2. The van der Waals surface area contributed by atoms with Gasteiger partial charge in [-0.15, -0.1) is 0 Å². The second kappa shape index (κ2) is 4.65. The first-order valence-electron chi connectivity index (χ1n) is 6.02. The quantitative estimate of drug-likeness (QED) is 0.775. The molecule has 4 nitrogen and oxygen atoms in total. The van der Waals surface area contributed by atoms with Crippen LogP contribution in [0.15, 0.2) is 48.4 Å². The number of fused-ring (bicyclic) bond motifs is 2. The van der Waals surface area contributed by atoms with Crippen molar-refractivity contribution in [2.75, 3.05) is 6.61 Å². The fourth-order valence-electron chi connectivity index (χ4n) is 1.92. The van der Waals surface area contributed by atoms with E-state index in [9.17, 15) is 4.79 Å². The monoisotopic (exact) mass is 256 g/mol. The molecule has 0 atom stereocenters. The highest BCUT2D eigenvalue weighted by Gasteiger charge is 2.21. The summed E-state index contributed by atoms with van der Waals surface area (Å²) in [6.45, 7) is 2.04. The normalized spacial score (nSPS) is 13.0. The van der Waals surface area contributed by atoms with Crippen LogP contribution in [0.1, 0.15) is 6.92 Å². The first-order valence-corrected chi connectivity index (χ1v) is 6.02. The number of carbonyl (C=O) groups excluding carboxylic acids is 1. The van der Waals surface area contributed by atoms with Gasteiger partial charge in [0, 0.05) is 0 Å². The van der Waals surface area contributed by atoms with E-state index in [1.165, 1.54) is 6.26 Å². The van der Waals surface area contributed by atoms with Crippen LogP contribution in [0.2, 0.25) is 0 Å². The lowest BCUT2D eigenvalue weighted by Gasteiger charge is -2.17. The number of ether oxygens (including phenoxy) is 3. The van der Waals surface area contributed by atoms with Gasteiger partial charge >= 0.3 is 5.97 Å². The maximum atomic E-state index is 11.6. The van der Waals surface area contributed by atoms with Crippen molar-refractivity contribution >= 4 is 16.7 Å². The van der Waals surface area contributed by atoms with Crippen LogP contribution in [0.4, 0.5) is 0 Å². The van der Waals surface area contributed by atoms with Gasteiger partial charge in [-0.05, 0) is 29.8 Å². The Balaban J connectivity index is 1.96. The van der Waals surface area contributed by atoms with Crippen LogP contribution < -0.4 is 9.47 Å². The summed E-state index contributed by atoms with van der Waals surface area (Å²) in [7, 11) is 0. The molecule has 1 heterocycles. The molecule has 0 amide bonds. The Morgan fingerprint density at radius 2 is 1.84 bits per heavy atom. The van der Waals surface area contributed by atoms with E-state index in [4.69, 9.17) is 14.2 Å². The Bertz CT molecular complexity index is 673. The van der Waals surface area contributed by atoms with E-state index in [1.54, 1.807) is 6.92 Å². The molecule has 1 aliphatic heterocycles. The minimum Gasteiger partial charge on any atom is -0.460 e. The average molecular weight is 256 g/mol. The maximum absolute atomic E-state index is 11.6. The van der Waals surface area contributed by atoms with Gasteiger partial charge in [0.1, 0.15) is 6.26 Å². The lowest BCUT2D eigenvalue weighted by Crippen LogP contribution is -2.16. The number of hydrogen-bond donors (Lipinski definition) is 0. The molecule has 0 saturated carbocycles. The molecule has 0 N–H and O–H groups in total. The van der Waals surface area contributed by atoms with E-state index in [0.717, 1.165) is 10.8 Å². The Kier molecular flexibility index (Phi) is 2.83. The fourth-order valence-corrected chi connectivity index (χ4v) is 1.92. The molecule has 0 unspecified atom stereocenters. The van der Waals surface area contributed by atoms with E-state index in [0.29, 0.717) is 18.1 Å². The number of benzene rings is 2. The summed E-state index contributed by atoms with van der Waals surface area (Å²) in [4.78, 5) is 11.6. The summed E-state index contributed by atoms with van der Waals surface area (Å²) in [6, 6.07) is 11.6. The van der Waals surface area contributed by atoms with Crippen molar-refractivity contribution in [3.63, 3.8) is 0 Å². The van der Waals surface area contributed by atoms with Gasteiger partial charge < -0.3 is 14.2 Å². The highest BCUT2D eigenvalue weighted by atomic mass is 16.6. The van der Waals surface area contributed by atoms with Gasteiger partial charge in [0.15, 0.2) is 11.5 Å². The zero-order valence-corrected chi connectivity index (χ0v) is 10.4. The van der Waals surface area contributed by atoms with Crippen LogP contribution in [-0.2, 0) is 9.53 Å². The molecule has 1 aliphatic rings. The molecule has 2 aromatic rings. The second-order valence-electron chi connectivity index (χ2n) is 4.07. The third-order valence-corrected chi connectivity index (χ3v) is 2.80. The largest absolute Gasteiger partial charge is 0.460 e. The van der Waals surface area contributed by atoms with Crippen LogP contribution in [0.25, 0.3) is 10.8 Å². The minimum atomic E-state index is -0.527. The van der Waals surface area contributed by atoms with E-state index < -0.39 is 5.97 Å². The average Bonchev–Trinajstić information content (AvgIpc) is 2.44. The van der Waals surface area contributed by atoms with Gasteiger partial charge in [-0.1, -0.05) is 24.3 Å². The van der Waals surface area contributed by atoms with Crippen LogP contribution >= 0.6 is 0 Å². The second-order valence-corrected chi connectivity index (χ2v) is 4.07. The molecule has 96 valence electrons. The summed E-state index contributed by atoms with van der Waals surface area (Å²) in [5.74, 6) is 0.641. The van der Waals surface area contributed by atoms with Gasteiger partial charge in [0.25, 0.3) is 0 Å². The molecule has 0 bridgehead atoms. The molecule has 0 fully saturated rings. The number of rotatable bonds is 2. The minimum absolute atomic E-state index is 0.0598. The predicted molar refractivity (Wildman–Crippen MR) is 69.9 cm³/mol. The van der Waals surface area contributed by atoms with Crippen molar-refractivity contribution in [3.05, 3.63) is 48.4 Å². The standard InChI is InChI=1S/C15H12O4/c1-2-17-15(16)14-9-18-12-7-10-5-3-4-6-11(10)8-13(12)19-14/h3-9H,2H2,1H3. The molecule has 0 radical (unpaired) electrons. The Morgan fingerprint density at radius 1 is 1.16 bits per heavy atom. The topological polar surface area (TPSA) is 44.8 Å². The number of esters is 1. The predicted octanol–water partition coefficient (Wildman–Crippen LogP) is 3.02. The number of hydrogen-bond acceptors (Lipinski definition) is 4. The Labute approximate surface area is 110 Å². The lowest BCUT2D eigenvalue weighted by atomic mass is 10.1. The lowest BCUT2D eigenvalue weighted by molar-refractivity contribution is -0.141. The summed E-state index contributed by atoms with van der Waals surface area (Å²) in [5.41, 5.74) is 0. The van der Waals surface area contributed by atoms with E-state index >= 15 is 0 Å². The van der Waals surface area contributed by atoms with Gasteiger partial charge in [0.2, 0.25) is 5.76 Å². The molecule has 3 rings (SSSR count). The van der Waals surface area contributed by atoms with Crippen LogP contribution in [0, 0.1) is 0 Å². The molecule has 4 heteroatoms. The SMILES string of the molecule is CCOC(=O)C1=COc2cc3ccccc3cc2O1. The molecular weight excluding hydrogens is 244 g/mol. The highest BCUT2D eigenvalue weighted by molar-refractivity contribution is 5.89. The van der Waals surface area contributed by atoms with Crippen molar-refractivity contribution in [2.24, 2.45) is 0 Å². The number of carbonyl (C=O) groups is 1. The Hall–Kier alpha value is -2.49. The van der Waals surface area contributed by atoms with E-state index in [1.807, 2.05) is 36.4 Å². The highest BCUT2D eigenvalue weighted by Crippen LogP contribution is 2.36. The van der Waals surface area contributed by atoms with Crippen molar-refractivity contribution in [3.8, 4) is 11.5 Å². The van der Waals surface area contributed by atoms with Gasteiger partial charge in [-0.3, -0.25) is 0 Å². The van der Waals surface area contributed by atoms with Crippen LogP contribution in [-0.4, -0.2) is 12.6 Å². The van der Waals surface area contributed by atoms with Gasteiger partial charge in [-0.25, -0.2) is 4.79 Å². The van der Waals surface area contributed by atoms with Crippen molar-refractivity contribution in [1.82, 2.24) is 0 Å². The van der Waals surface area contributed by atoms with E-state index in [2.05, 4.69) is 0 Å². The van der Waals surface area contributed by atoms with Crippen molar-refractivity contribution < 1.29 is 19.0 Å². The summed E-state index contributed by atoms with van der Waals surface area (Å²) >= 11 is 0. The zero-order valence-electron chi connectivity index (χ0n) is 10.4. The van der Waals surface area contributed by atoms with Crippen LogP contribution in [0.3, 0.4) is 0 Å².